The molecule has 0 bridgehead atoms. The normalized spacial score (nSPS) is 13.4. The fraction of sp³-hybridized carbons (Fsp3) is 0.263. The summed E-state index contributed by atoms with van der Waals surface area (Å²) in [4.78, 5) is 23.9. The Kier molecular flexibility index (Phi) is 4.91. The zero-order chi connectivity index (χ0) is 16.9. The lowest BCUT2D eigenvalue weighted by Gasteiger charge is -2.08. The van der Waals surface area contributed by atoms with Gasteiger partial charge in [0.2, 0.25) is 5.91 Å². The molecule has 0 aromatic heterocycles. The van der Waals surface area contributed by atoms with Crippen molar-refractivity contribution in [3.8, 4) is 0 Å². The monoisotopic (exact) mass is 324 g/mol. The Morgan fingerprint density at radius 3 is 2.08 bits per heavy atom. The van der Waals surface area contributed by atoms with Gasteiger partial charge >= 0.3 is 0 Å². The van der Waals surface area contributed by atoms with Gasteiger partial charge < -0.3 is 15.7 Å². The Balaban J connectivity index is 1.58. The third-order valence-corrected chi connectivity index (χ3v) is 3.98. The maximum absolute atomic E-state index is 12.2. The SMILES string of the molecule is O=C(Nc1ccc(CCO)cc1)c1ccc(NC(=O)C2CC2)cc1. The van der Waals surface area contributed by atoms with Crippen molar-refractivity contribution in [1.82, 2.24) is 0 Å². The van der Waals surface area contributed by atoms with Crippen LogP contribution in [0, 0.1) is 5.92 Å². The molecule has 124 valence electrons. The fourth-order valence-electron chi connectivity index (χ4n) is 2.38. The van der Waals surface area contributed by atoms with E-state index in [0.29, 0.717) is 23.4 Å². The average molecular weight is 324 g/mol. The highest BCUT2D eigenvalue weighted by molar-refractivity contribution is 6.04. The van der Waals surface area contributed by atoms with Crippen LogP contribution in [0.15, 0.2) is 48.5 Å². The number of hydrogen-bond donors (Lipinski definition) is 3. The second-order valence-corrected chi connectivity index (χ2v) is 5.97. The van der Waals surface area contributed by atoms with E-state index in [1.165, 1.54) is 0 Å². The van der Waals surface area contributed by atoms with Crippen LogP contribution in [0.2, 0.25) is 0 Å². The summed E-state index contributed by atoms with van der Waals surface area (Å²) in [5.74, 6) is 0.00179. The highest BCUT2D eigenvalue weighted by Crippen LogP contribution is 2.30. The molecule has 0 atom stereocenters. The first kappa shape index (κ1) is 16.2. The van der Waals surface area contributed by atoms with Gasteiger partial charge in [-0.15, -0.1) is 0 Å². The predicted octanol–water partition coefficient (Wildman–Crippen LogP) is 2.82. The molecule has 2 amide bonds. The van der Waals surface area contributed by atoms with E-state index in [1.54, 1.807) is 24.3 Å². The minimum atomic E-state index is -0.204. The lowest BCUT2D eigenvalue weighted by Crippen LogP contribution is -2.14. The first-order valence-corrected chi connectivity index (χ1v) is 8.08. The maximum atomic E-state index is 12.2. The molecule has 24 heavy (non-hydrogen) atoms. The molecule has 0 heterocycles. The van der Waals surface area contributed by atoms with Gasteiger partial charge in [0, 0.05) is 29.5 Å². The minimum absolute atomic E-state index is 0.0511. The van der Waals surface area contributed by atoms with Crippen molar-refractivity contribution in [1.29, 1.82) is 0 Å². The van der Waals surface area contributed by atoms with Crippen LogP contribution in [-0.4, -0.2) is 23.5 Å². The number of benzene rings is 2. The zero-order valence-electron chi connectivity index (χ0n) is 13.3. The summed E-state index contributed by atoms with van der Waals surface area (Å²) < 4.78 is 0. The largest absolute Gasteiger partial charge is 0.396 e. The first-order chi connectivity index (χ1) is 11.7. The van der Waals surface area contributed by atoms with Crippen LogP contribution >= 0.6 is 0 Å². The molecule has 1 saturated carbocycles. The lowest BCUT2D eigenvalue weighted by atomic mass is 10.1. The molecule has 0 saturated heterocycles. The molecule has 0 unspecified atom stereocenters. The predicted molar refractivity (Wildman–Crippen MR) is 93.0 cm³/mol. The van der Waals surface area contributed by atoms with Crippen LogP contribution in [0.4, 0.5) is 11.4 Å². The smallest absolute Gasteiger partial charge is 0.255 e. The highest BCUT2D eigenvalue weighted by Gasteiger charge is 2.29. The molecule has 3 rings (SSSR count). The number of rotatable bonds is 6. The molecule has 1 aliphatic carbocycles. The first-order valence-electron chi connectivity index (χ1n) is 8.08. The molecule has 2 aromatic carbocycles. The third-order valence-electron chi connectivity index (χ3n) is 3.98. The molecule has 3 N–H and O–H groups in total. The minimum Gasteiger partial charge on any atom is -0.396 e. The van der Waals surface area contributed by atoms with E-state index in [4.69, 9.17) is 5.11 Å². The number of aliphatic hydroxyl groups excluding tert-OH is 1. The van der Waals surface area contributed by atoms with Crippen molar-refractivity contribution >= 4 is 23.2 Å². The van der Waals surface area contributed by atoms with Gasteiger partial charge in [0.25, 0.3) is 5.91 Å². The Bertz CT molecular complexity index is 719. The second-order valence-electron chi connectivity index (χ2n) is 5.97. The van der Waals surface area contributed by atoms with E-state index in [9.17, 15) is 9.59 Å². The Morgan fingerprint density at radius 1 is 0.917 bits per heavy atom. The molecule has 1 aliphatic rings. The van der Waals surface area contributed by atoms with E-state index in [0.717, 1.165) is 18.4 Å². The van der Waals surface area contributed by atoms with E-state index in [2.05, 4.69) is 10.6 Å². The second kappa shape index (κ2) is 7.27. The number of nitrogens with one attached hydrogen (secondary N) is 2. The van der Waals surface area contributed by atoms with Crippen molar-refractivity contribution in [2.45, 2.75) is 19.3 Å². The third kappa shape index (κ3) is 4.20. The van der Waals surface area contributed by atoms with E-state index < -0.39 is 0 Å². The number of aliphatic hydroxyl groups is 1. The summed E-state index contributed by atoms with van der Waals surface area (Å²) in [6, 6.07) is 14.2. The summed E-state index contributed by atoms with van der Waals surface area (Å²) in [6.45, 7) is 0.106. The van der Waals surface area contributed by atoms with Gasteiger partial charge in [0.05, 0.1) is 0 Å². The van der Waals surface area contributed by atoms with Crippen LogP contribution < -0.4 is 10.6 Å². The van der Waals surface area contributed by atoms with Crippen LogP contribution in [0.25, 0.3) is 0 Å². The summed E-state index contributed by atoms with van der Waals surface area (Å²) >= 11 is 0. The molecular formula is C19H20N2O3. The fourth-order valence-corrected chi connectivity index (χ4v) is 2.38. The molecular weight excluding hydrogens is 304 g/mol. The van der Waals surface area contributed by atoms with Crippen LogP contribution in [0.5, 0.6) is 0 Å². The van der Waals surface area contributed by atoms with E-state index in [-0.39, 0.29) is 24.3 Å². The van der Waals surface area contributed by atoms with Crippen molar-refractivity contribution in [2.24, 2.45) is 5.92 Å². The van der Waals surface area contributed by atoms with Gasteiger partial charge in [-0.3, -0.25) is 9.59 Å². The molecule has 5 heteroatoms. The number of hydrogen-bond acceptors (Lipinski definition) is 3. The number of carbonyl (C=O) groups is 2. The maximum Gasteiger partial charge on any atom is 0.255 e. The molecule has 0 spiro atoms. The number of carbonyl (C=O) groups excluding carboxylic acids is 2. The van der Waals surface area contributed by atoms with Gasteiger partial charge in [-0.25, -0.2) is 0 Å². The van der Waals surface area contributed by atoms with Crippen LogP contribution in [0.3, 0.4) is 0 Å². The summed E-state index contributed by atoms with van der Waals surface area (Å²) in [5, 5.41) is 14.6. The van der Waals surface area contributed by atoms with Crippen molar-refractivity contribution in [2.75, 3.05) is 17.2 Å². The Labute approximate surface area is 140 Å². The van der Waals surface area contributed by atoms with Gasteiger partial charge in [-0.05, 0) is 61.2 Å². The van der Waals surface area contributed by atoms with Gasteiger partial charge in [0.1, 0.15) is 0 Å². The summed E-state index contributed by atoms with van der Waals surface area (Å²) in [7, 11) is 0. The van der Waals surface area contributed by atoms with Crippen LogP contribution in [-0.2, 0) is 11.2 Å². The molecule has 0 radical (unpaired) electrons. The average Bonchev–Trinajstić information content (AvgIpc) is 3.42. The molecule has 5 nitrogen and oxygen atoms in total. The summed E-state index contributed by atoms with van der Waals surface area (Å²) in [5.41, 5.74) is 2.95. The van der Waals surface area contributed by atoms with Crippen molar-refractivity contribution in [3.63, 3.8) is 0 Å². The zero-order valence-corrected chi connectivity index (χ0v) is 13.3. The van der Waals surface area contributed by atoms with Gasteiger partial charge in [0.15, 0.2) is 0 Å². The van der Waals surface area contributed by atoms with Crippen molar-refractivity contribution in [3.05, 3.63) is 59.7 Å². The van der Waals surface area contributed by atoms with E-state index >= 15 is 0 Å². The Morgan fingerprint density at radius 2 is 1.50 bits per heavy atom. The standard InChI is InChI=1S/C19H20N2O3/c22-12-11-13-1-7-16(8-2-13)20-19(24)15-5-9-17(10-6-15)21-18(23)14-3-4-14/h1-2,5-10,14,22H,3-4,11-12H2,(H,20,24)(H,21,23). The number of anilines is 2. The number of amides is 2. The highest BCUT2D eigenvalue weighted by atomic mass is 16.3. The van der Waals surface area contributed by atoms with Gasteiger partial charge in [-0.2, -0.15) is 0 Å². The molecule has 0 aliphatic heterocycles. The summed E-state index contributed by atoms with van der Waals surface area (Å²) in [6.07, 6.45) is 2.52. The lowest BCUT2D eigenvalue weighted by molar-refractivity contribution is -0.117. The van der Waals surface area contributed by atoms with E-state index in [1.807, 2.05) is 24.3 Å². The van der Waals surface area contributed by atoms with Crippen LogP contribution in [0.1, 0.15) is 28.8 Å². The van der Waals surface area contributed by atoms with Crippen molar-refractivity contribution < 1.29 is 14.7 Å². The Hall–Kier alpha value is -2.66. The topological polar surface area (TPSA) is 78.4 Å². The molecule has 2 aromatic rings. The van der Waals surface area contributed by atoms with Gasteiger partial charge in [-0.1, -0.05) is 12.1 Å². The molecule has 1 fully saturated rings. The quantitative estimate of drug-likeness (QED) is 0.764.